The number of hydrogen-bond donors (Lipinski definition) is 0. The zero-order chi connectivity index (χ0) is 18.4. The van der Waals surface area contributed by atoms with Gasteiger partial charge in [0.15, 0.2) is 5.52 Å². The van der Waals surface area contributed by atoms with Crippen LogP contribution < -0.4 is 5.56 Å². The predicted molar refractivity (Wildman–Crippen MR) is 107 cm³/mol. The van der Waals surface area contributed by atoms with Crippen LogP contribution in [-0.4, -0.2) is 14.3 Å². The van der Waals surface area contributed by atoms with Crippen LogP contribution >= 0.6 is 34.8 Å². The maximum Gasteiger partial charge on any atom is 0.278 e. The molecule has 0 aliphatic heterocycles. The maximum atomic E-state index is 12.6. The molecule has 26 heavy (non-hydrogen) atoms. The van der Waals surface area contributed by atoms with Crippen LogP contribution in [0.4, 0.5) is 0 Å². The number of aromatic nitrogens is 3. The second-order valence-electron chi connectivity index (χ2n) is 5.86. The third-order valence-electron chi connectivity index (χ3n) is 4.17. The highest BCUT2D eigenvalue weighted by Crippen LogP contribution is 2.33. The smallest absolute Gasteiger partial charge is 0.278 e. The van der Waals surface area contributed by atoms with Crippen LogP contribution in [-0.2, 0) is 7.05 Å². The van der Waals surface area contributed by atoms with Crippen molar-refractivity contribution < 1.29 is 0 Å². The van der Waals surface area contributed by atoms with E-state index in [0.717, 1.165) is 16.6 Å². The van der Waals surface area contributed by atoms with Gasteiger partial charge in [0.1, 0.15) is 0 Å². The number of benzene rings is 2. The van der Waals surface area contributed by atoms with Crippen molar-refractivity contribution in [1.29, 1.82) is 0 Å². The van der Waals surface area contributed by atoms with Gasteiger partial charge in [-0.15, -0.1) is 0 Å². The fourth-order valence-electron chi connectivity index (χ4n) is 2.88. The van der Waals surface area contributed by atoms with Gasteiger partial charge in [0.25, 0.3) is 5.56 Å². The topological polar surface area (TPSA) is 39.8 Å². The number of hydrogen-bond acceptors (Lipinski definition) is 2. The van der Waals surface area contributed by atoms with Gasteiger partial charge < -0.3 is 4.57 Å². The third-order valence-corrected chi connectivity index (χ3v) is 4.96. The second kappa shape index (κ2) is 6.47. The van der Waals surface area contributed by atoms with E-state index in [-0.39, 0.29) is 5.56 Å². The first-order valence-electron chi connectivity index (χ1n) is 7.75. The van der Waals surface area contributed by atoms with Crippen molar-refractivity contribution in [2.45, 2.75) is 0 Å². The van der Waals surface area contributed by atoms with E-state index in [9.17, 15) is 4.79 Å². The fraction of sp³-hybridized carbons (Fsp3) is 0.0526. The first-order valence-corrected chi connectivity index (χ1v) is 8.89. The molecule has 4 rings (SSSR count). The molecule has 0 saturated heterocycles. The molecule has 0 radical (unpaired) electrons. The molecule has 4 aromatic rings. The molecular weight excluding hydrogens is 393 g/mol. The van der Waals surface area contributed by atoms with E-state index in [1.54, 1.807) is 48.3 Å². The summed E-state index contributed by atoms with van der Waals surface area (Å²) in [5, 5.41) is 6.89. The Hall–Kier alpha value is -2.27. The number of aryl methyl sites for hydroxylation is 1. The first-order chi connectivity index (χ1) is 12.5. The Bertz CT molecular complexity index is 1190. The quantitative estimate of drug-likeness (QED) is 0.452. The van der Waals surface area contributed by atoms with Crippen molar-refractivity contribution in [3.05, 3.63) is 80.1 Å². The van der Waals surface area contributed by atoms with Gasteiger partial charge in [0.05, 0.1) is 16.4 Å². The summed E-state index contributed by atoms with van der Waals surface area (Å²) in [6, 6.07) is 14.4. The highest BCUT2D eigenvalue weighted by atomic mass is 35.5. The normalized spacial score (nSPS) is 11.2. The number of pyridine rings is 1. The average molecular weight is 405 g/mol. The van der Waals surface area contributed by atoms with Gasteiger partial charge in [-0.2, -0.15) is 5.10 Å². The Labute approximate surface area is 164 Å². The molecule has 7 heteroatoms. The zero-order valence-corrected chi connectivity index (χ0v) is 15.8. The number of nitrogens with zero attached hydrogens (tertiary/aromatic N) is 3. The summed E-state index contributed by atoms with van der Waals surface area (Å²) < 4.78 is 3.17. The minimum atomic E-state index is -0.179. The van der Waals surface area contributed by atoms with E-state index < -0.39 is 0 Å². The van der Waals surface area contributed by atoms with Crippen LogP contribution in [0.25, 0.3) is 27.8 Å². The lowest BCUT2D eigenvalue weighted by Gasteiger charge is -2.10. The average Bonchev–Trinajstić information content (AvgIpc) is 2.99. The zero-order valence-electron chi connectivity index (χ0n) is 13.6. The van der Waals surface area contributed by atoms with Gasteiger partial charge >= 0.3 is 0 Å². The van der Waals surface area contributed by atoms with E-state index in [1.807, 2.05) is 18.2 Å². The lowest BCUT2D eigenvalue weighted by molar-refractivity contribution is 0.855. The van der Waals surface area contributed by atoms with Gasteiger partial charge in [-0.05, 0) is 36.4 Å². The second-order valence-corrected chi connectivity index (χ2v) is 7.14. The van der Waals surface area contributed by atoms with Crippen LogP contribution in [0.15, 0.2) is 59.5 Å². The van der Waals surface area contributed by atoms with Gasteiger partial charge in [-0.3, -0.25) is 4.79 Å². The van der Waals surface area contributed by atoms with E-state index in [4.69, 9.17) is 34.8 Å². The Morgan fingerprint density at radius 2 is 1.62 bits per heavy atom. The standard InChI is InChI=1S/C19H12Cl3N3O/c1-24-9-8-14-17(19(24)26)23-25(16-7-6-13(21)10-15(16)22)18(14)11-2-4-12(20)5-3-11/h2-10H,1H3. The molecule has 0 spiro atoms. The molecule has 130 valence electrons. The monoisotopic (exact) mass is 403 g/mol. The van der Waals surface area contributed by atoms with Crippen LogP contribution in [0, 0.1) is 0 Å². The van der Waals surface area contributed by atoms with Crippen LogP contribution in [0.1, 0.15) is 0 Å². The lowest BCUT2D eigenvalue weighted by Crippen LogP contribution is -2.15. The molecule has 2 heterocycles. The number of rotatable bonds is 2. The summed E-state index contributed by atoms with van der Waals surface area (Å²) in [5.41, 5.74) is 2.46. The van der Waals surface area contributed by atoms with Crippen LogP contribution in [0.3, 0.4) is 0 Å². The molecule has 0 amide bonds. The largest absolute Gasteiger partial charge is 0.317 e. The minimum Gasteiger partial charge on any atom is -0.317 e. The van der Waals surface area contributed by atoms with Gasteiger partial charge in [0, 0.05) is 34.2 Å². The molecule has 0 fully saturated rings. The summed E-state index contributed by atoms with van der Waals surface area (Å²) in [6.45, 7) is 0. The van der Waals surface area contributed by atoms with Crippen LogP contribution in [0.2, 0.25) is 15.1 Å². The SMILES string of the molecule is Cn1ccc2c(-c3ccc(Cl)cc3)n(-c3ccc(Cl)cc3Cl)nc2c1=O. The van der Waals surface area contributed by atoms with Crippen molar-refractivity contribution >= 4 is 45.7 Å². The molecule has 0 unspecified atom stereocenters. The maximum absolute atomic E-state index is 12.6. The summed E-state index contributed by atoms with van der Waals surface area (Å²) in [6.07, 6.45) is 1.72. The fourth-order valence-corrected chi connectivity index (χ4v) is 3.49. The van der Waals surface area contributed by atoms with Crippen molar-refractivity contribution in [2.24, 2.45) is 7.05 Å². The number of fused-ring (bicyclic) bond motifs is 1. The lowest BCUT2D eigenvalue weighted by atomic mass is 10.1. The summed E-state index contributed by atoms with van der Waals surface area (Å²) >= 11 is 18.4. The molecule has 0 saturated carbocycles. The molecule has 0 atom stereocenters. The van der Waals surface area contributed by atoms with Gasteiger partial charge in [-0.1, -0.05) is 46.9 Å². The Morgan fingerprint density at radius 3 is 2.31 bits per heavy atom. The molecule has 0 bridgehead atoms. The Balaban J connectivity index is 2.11. The van der Waals surface area contributed by atoms with Crippen molar-refractivity contribution in [2.75, 3.05) is 0 Å². The molecule has 4 nitrogen and oxygen atoms in total. The molecule has 0 aliphatic carbocycles. The van der Waals surface area contributed by atoms with Crippen molar-refractivity contribution in [3.63, 3.8) is 0 Å². The van der Waals surface area contributed by atoms with Crippen LogP contribution in [0.5, 0.6) is 0 Å². The third kappa shape index (κ3) is 2.80. The Kier molecular flexibility index (Phi) is 4.27. The summed E-state index contributed by atoms with van der Waals surface area (Å²) in [7, 11) is 1.69. The molecule has 0 N–H and O–H groups in total. The summed E-state index contributed by atoms with van der Waals surface area (Å²) in [5.74, 6) is 0. The molecular formula is C19H12Cl3N3O. The van der Waals surface area contributed by atoms with E-state index in [1.165, 1.54) is 4.57 Å². The highest BCUT2D eigenvalue weighted by Gasteiger charge is 2.19. The van der Waals surface area contributed by atoms with Crippen molar-refractivity contribution in [3.8, 4) is 16.9 Å². The minimum absolute atomic E-state index is 0.179. The van der Waals surface area contributed by atoms with Gasteiger partial charge in [0.2, 0.25) is 0 Å². The van der Waals surface area contributed by atoms with Crippen molar-refractivity contribution in [1.82, 2.24) is 14.3 Å². The Morgan fingerprint density at radius 1 is 0.923 bits per heavy atom. The highest BCUT2D eigenvalue weighted by molar-refractivity contribution is 6.35. The number of halogens is 3. The van der Waals surface area contributed by atoms with E-state index in [2.05, 4.69) is 5.10 Å². The van der Waals surface area contributed by atoms with Gasteiger partial charge in [-0.25, -0.2) is 4.68 Å². The molecule has 2 aromatic carbocycles. The molecule has 2 aromatic heterocycles. The summed E-state index contributed by atoms with van der Waals surface area (Å²) in [4.78, 5) is 12.6. The van der Waals surface area contributed by atoms with E-state index >= 15 is 0 Å². The van der Waals surface area contributed by atoms with E-state index in [0.29, 0.717) is 26.3 Å². The first kappa shape index (κ1) is 17.2. The predicted octanol–water partition coefficient (Wildman–Crippen LogP) is 5.35. The molecule has 0 aliphatic rings.